The van der Waals surface area contributed by atoms with Gasteiger partial charge in [-0.15, -0.1) is 0 Å². The molecular formula is C16H25FN2S. The summed E-state index contributed by atoms with van der Waals surface area (Å²) in [5.41, 5.74) is 7.04. The minimum atomic E-state index is -0.178. The first-order chi connectivity index (χ1) is 9.58. The zero-order valence-electron chi connectivity index (χ0n) is 12.5. The molecule has 0 unspecified atom stereocenters. The lowest BCUT2D eigenvalue weighted by molar-refractivity contribution is 0.253. The Hall–Kier alpha value is -1.00. The van der Waals surface area contributed by atoms with Crippen LogP contribution in [0.2, 0.25) is 0 Å². The molecule has 1 rings (SSSR count). The average molecular weight is 296 g/mol. The third-order valence-electron chi connectivity index (χ3n) is 3.38. The van der Waals surface area contributed by atoms with E-state index in [2.05, 4.69) is 18.7 Å². The second-order valence-corrected chi connectivity index (χ2v) is 5.59. The molecule has 1 aromatic rings. The number of rotatable bonds is 9. The van der Waals surface area contributed by atoms with E-state index in [0.29, 0.717) is 17.1 Å². The van der Waals surface area contributed by atoms with Gasteiger partial charge in [0.15, 0.2) is 0 Å². The molecule has 0 saturated carbocycles. The van der Waals surface area contributed by atoms with E-state index in [-0.39, 0.29) is 5.82 Å². The highest BCUT2D eigenvalue weighted by Gasteiger charge is 2.10. The van der Waals surface area contributed by atoms with Crippen molar-refractivity contribution in [2.45, 2.75) is 46.1 Å². The average Bonchev–Trinajstić information content (AvgIpc) is 2.43. The Balaban J connectivity index is 2.79. The molecule has 0 aliphatic carbocycles. The van der Waals surface area contributed by atoms with Crippen molar-refractivity contribution in [2.24, 2.45) is 5.73 Å². The van der Waals surface area contributed by atoms with E-state index in [1.807, 2.05) is 0 Å². The van der Waals surface area contributed by atoms with Gasteiger partial charge >= 0.3 is 0 Å². The van der Waals surface area contributed by atoms with Crippen LogP contribution < -0.4 is 5.73 Å². The van der Waals surface area contributed by atoms with Crippen molar-refractivity contribution < 1.29 is 4.39 Å². The SMILES string of the molecule is CCCCN(CCCC)Cc1cc(C(N)=S)ccc1F. The molecule has 2 nitrogen and oxygen atoms in total. The Morgan fingerprint density at radius 3 is 2.30 bits per heavy atom. The van der Waals surface area contributed by atoms with Crippen molar-refractivity contribution in [1.29, 1.82) is 0 Å². The Morgan fingerprint density at radius 2 is 1.80 bits per heavy atom. The fraction of sp³-hybridized carbons (Fsp3) is 0.562. The van der Waals surface area contributed by atoms with Crippen LogP contribution in [0.5, 0.6) is 0 Å². The first-order valence-electron chi connectivity index (χ1n) is 7.39. The molecule has 0 aromatic heterocycles. The first kappa shape index (κ1) is 17.1. The van der Waals surface area contributed by atoms with E-state index in [4.69, 9.17) is 18.0 Å². The predicted molar refractivity (Wildman–Crippen MR) is 87.4 cm³/mol. The molecule has 0 heterocycles. The Morgan fingerprint density at radius 1 is 1.20 bits per heavy atom. The molecule has 0 atom stereocenters. The van der Waals surface area contributed by atoms with E-state index in [1.54, 1.807) is 12.1 Å². The van der Waals surface area contributed by atoms with Crippen LogP contribution in [0.3, 0.4) is 0 Å². The topological polar surface area (TPSA) is 29.3 Å². The molecule has 0 aliphatic heterocycles. The lowest BCUT2D eigenvalue weighted by Gasteiger charge is -2.22. The zero-order valence-corrected chi connectivity index (χ0v) is 13.3. The van der Waals surface area contributed by atoms with Crippen molar-refractivity contribution in [3.63, 3.8) is 0 Å². The lowest BCUT2D eigenvalue weighted by Crippen LogP contribution is -2.26. The highest BCUT2D eigenvalue weighted by atomic mass is 32.1. The van der Waals surface area contributed by atoms with Gasteiger partial charge in [-0.3, -0.25) is 4.90 Å². The van der Waals surface area contributed by atoms with Gasteiger partial charge in [0.25, 0.3) is 0 Å². The van der Waals surface area contributed by atoms with E-state index < -0.39 is 0 Å². The summed E-state index contributed by atoms with van der Waals surface area (Å²) in [5, 5.41) is 0. The number of halogens is 1. The number of thiocarbonyl (C=S) groups is 1. The maximum absolute atomic E-state index is 13.9. The maximum atomic E-state index is 13.9. The molecule has 0 amide bonds. The molecule has 0 fully saturated rings. The second kappa shape index (κ2) is 9.03. The van der Waals surface area contributed by atoms with Gasteiger partial charge in [-0.2, -0.15) is 0 Å². The Kier molecular flexibility index (Phi) is 7.70. The second-order valence-electron chi connectivity index (χ2n) is 5.15. The van der Waals surface area contributed by atoms with Crippen LogP contribution >= 0.6 is 12.2 Å². The molecule has 0 radical (unpaired) electrons. The van der Waals surface area contributed by atoms with Crippen LogP contribution in [0.1, 0.15) is 50.7 Å². The van der Waals surface area contributed by atoms with Crippen molar-refractivity contribution in [2.75, 3.05) is 13.1 Å². The van der Waals surface area contributed by atoms with Gasteiger partial charge in [0.05, 0.1) is 0 Å². The molecule has 2 N–H and O–H groups in total. The summed E-state index contributed by atoms with van der Waals surface area (Å²) >= 11 is 4.96. The molecule has 0 saturated heterocycles. The minimum Gasteiger partial charge on any atom is -0.389 e. The standard InChI is InChI=1S/C16H25FN2S/c1-3-5-9-19(10-6-4-2)12-14-11-13(16(18)20)7-8-15(14)17/h7-8,11H,3-6,9-10,12H2,1-2H3,(H2,18,20). The van der Waals surface area contributed by atoms with Gasteiger partial charge in [-0.25, -0.2) is 4.39 Å². The van der Waals surface area contributed by atoms with E-state index >= 15 is 0 Å². The van der Waals surface area contributed by atoms with E-state index in [9.17, 15) is 4.39 Å². The maximum Gasteiger partial charge on any atom is 0.127 e. The lowest BCUT2D eigenvalue weighted by atomic mass is 10.1. The fourth-order valence-corrected chi connectivity index (χ4v) is 2.25. The monoisotopic (exact) mass is 296 g/mol. The molecule has 0 aliphatic rings. The highest BCUT2D eigenvalue weighted by molar-refractivity contribution is 7.80. The molecular weight excluding hydrogens is 271 g/mol. The van der Waals surface area contributed by atoms with Crippen LogP contribution in [-0.4, -0.2) is 23.0 Å². The molecule has 4 heteroatoms. The Labute approximate surface area is 127 Å². The molecule has 0 spiro atoms. The van der Waals surface area contributed by atoms with E-state index in [1.165, 1.54) is 6.07 Å². The third-order valence-corrected chi connectivity index (χ3v) is 3.62. The predicted octanol–water partition coefficient (Wildman–Crippen LogP) is 3.86. The summed E-state index contributed by atoms with van der Waals surface area (Å²) in [6.07, 6.45) is 4.58. The summed E-state index contributed by atoms with van der Waals surface area (Å²) < 4.78 is 13.9. The number of unbranched alkanes of at least 4 members (excludes halogenated alkanes) is 2. The van der Waals surface area contributed by atoms with Crippen LogP contribution in [-0.2, 0) is 6.54 Å². The smallest absolute Gasteiger partial charge is 0.127 e. The summed E-state index contributed by atoms with van der Waals surface area (Å²) in [5.74, 6) is -0.178. The third kappa shape index (κ3) is 5.55. The highest BCUT2D eigenvalue weighted by Crippen LogP contribution is 2.14. The fourth-order valence-electron chi connectivity index (χ4n) is 2.12. The van der Waals surface area contributed by atoms with Crippen LogP contribution in [0.25, 0.3) is 0 Å². The van der Waals surface area contributed by atoms with Gasteiger partial charge < -0.3 is 5.73 Å². The number of nitrogens with zero attached hydrogens (tertiary/aromatic N) is 1. The Bertz CT molecular complexity index is 426. The summed E-state index contributed by atoms with van der Waals surface area (Å²) in [6, 6.07) is 4.88. The molecule has 0 bridgehead atoms. The normalized spacial score (nSPS) is 11.0. The zero-order chi connectivity index (χ0) is 15.0. The van der Waals surface area contributed by atoms with Gasteiger partial charge in [0, 0.05) is 17.7 Å². The van der Waals surface area contributed by atoms with Gasteiger partial charge in [0.2, 0.25) is 0 Å². The molecule has 112 valence electrons. The van der Waals surface area contributed by atoms with Gasteiger partial charge in [-0.05, 0) is 44.1 Å². The van der Waals surface area contributed by atoms with Gasteiger partial charge in [-0.1, -0.05) is 38.9 Å². The summed E-state index contributed by atoms with van der Waals surface area (Å²) in [4.78, 5) is 2.63. The van der Waals surface area contributed by atoms with Crippen molar-refractivity contribution >= 4 is 17.2 Å². The summed E-state index contributed by atoms with van der Waals surface area (Å²) in [6.45, 7) is 6.99. The number of nitrogens with two attached hydrogens (primary N) is 1. The largest absolute Gasteiger partial charge is 0.389 e. The van der Waals surface area contributed by atoms with Crippen LogP contribution in [0.4, 0.5) is 4.39 Å². The van der Waals surface area contributed by atoms with Crippen molar-refractivity contribution in [3.05, 3.63) is 35.1 Å². The molecule has 20 heavy (non-hydrogen) atoms. The molecule has 1 aromatic carbocycles. The van der Waals surface area contributed by atoms with Gasteiger partial charge in [0.1, 0.15) is 10.8 Å². The summed E-state index contributed by atoms with van der Waals surface area (Å²) in [7, 11) is 0. The van der Waals surface area contributed by atoms with E-state index in [0.717, 1.165) is 44.3 Å². The van der Waals surface area contributed by atoms with Crippen LogP contribution in [0.15, 0.2) is 18.2 Å². The van der Waals surface area contributed by atoms with Crippen molar-refractivity contribution in [1.82, 2.24) is 4.90 Å². The quantitative estimate of drug-likeness (QED) is 0.702. The number of hydrogen-bond donors (Lipinski definition) is 1. The first-order valence-corrected chi connectivity index (χ1v) is 7.79. The van der Waals surface area contributed by atoms with Crippen molar-refractivity contribution in [3.8, 4) is 0 Å². The number of benzene rings is 1. The minimum absolute atomic E-state index is 0.178. The number of hydrogen-bond acceptors (Lipinski definition) is 2. The van der Waals surface area contributed by atoms with Crippen LogP contribution in [0, 0.1) is 5.82 Å².